The molecule has 20 heavy (non-hydrogen) atoms. The van der Waals surface area contributed by atoms with Crippen LogP contribution in [-0.2, 0) is 0 Å². The lowest BCUT2D eigenvalue weighted by atomic mass is 9.93. The average Bonchev–Trinajstić information content (AvgIpc) is 2.76. The first-order valence-electron chi connectivity index (χ1n) is 7.07. The molecule has 112 valence electrons. The fourth-order valence-electron chi connectivity index (χ4n) is 2.82. The molecule has 1 aromatic rings. The predicted octanol–water partition coefficient (Wildman–Crippen LogP) is 2.47. The zero-order valence-electron chi connectivity index (χ0n) is 12.8. The molecule has 1 aromatic carbocycles. The molecule has 0 bridgehead atoms. The topological polar surface area (TPSA) is 41.9 Å². The Kier molecular flexibility index (Phi) is 4.55. The number of ether oxygens (including phenoxy) is 2. The Labute approximate surface area is 121 Å². The maximum atomic E-state index is 10.5. The van der Waals surface area contributed by atoms with Gasteiger partial charge in [0.25, 0.3) is 0 Å². The van der Waals surface area contributed by atoms with Crippen molar-refractivity contribution in [3.05, 3.63) is 23.8 Å². The van der Waals surface area contributed by atoms with Crippen molar-refractivity contribution >= 4 is 0 Å². The van der Waals surface area contributed by atoms with Crippen LogP contribution < -0.4 is 9.47 Å². The van der Waals surface area contributed by atoms with Crippen molar-refractivity contribution in [2.75, 3.05) is 33.9 Å². The lowest BCUT2D eigenvalue weighted by Gasteiger charge is -2.23. The predicted molar refractivity (Wildman–Crippen MR) is 79.3 cm³/mol. The molecule has 0 saturated carbocycles. The van der Waals surface area contributed by atoms with Gasteiger partial charge >= 0.3 is 0 Å². The Morgan fingerprint density at radius 1 is 1.30 bits per heavy atom. The van der Waals surface area contributed by atoms with E-state index < -0.39 is 6.10 Å². The molecule has 0 amide bonds. The molecule has 0 spiro atoms. The van der Waals surface area contributed by atoms with Gasteiger partial charge in [-0.15, -0.1) is 0 Å². The smallest absolute Gasteiger partial charge is 0.128 e. The van der Waals surface area contributed by atoms with Crippen molar-refractivity contribution in [1.29, 1.82) is 0 Å². The van der Waals surface area contributed by atoms with E-state index in [1.54, 1.807) is 14.2 Å². The van der Waals surface area contributed by atoms with Crippen molar-refractivity contribution in [2.24, 2.45) is 5.41 Å². The van der Waals surface area contributed by atoms with Crippen molar-refractivity contribution in [1.82, 2.24) is 4.90 Å². The van der Waals surface area contributed by atoms with Crippen LogP contribution in [0.15, 0.2) is 18.2 Å². The maximum absolute atomic E-state index is 10.5. The monoisotopic (exact) mass is 279 g/mol. The fourth-order valence-corrected chi connectivity index (χ4v) is 2.82. The molecular formula is C16H25NO3. The molecule has 4 nitrogen and oxygen atoms in total. The van der Waals surface area contributed by atoms with Crippen molar-refractivity contribution in [2.45, 2.75) is 26.4 Å². The summed E-state index contributed by atoms with van der Waals surface area (Å²) in [6.45, 7) is 7.26. The minimum absolute atomic E-state index is 0.351. The van der Waals surface area contributed by atoms with Gasteiger partial charge in [-0.3, -0.25) is 4.90 Å². The lowest BCUT2D eigenvalue weighted by molar-refractivity contribution is 0.118. The number of β-amino-alcohol motifs (C(OH)–C–C–N with tert-alkyl or cyclic N) is 1. The number of nitrogens with zero attached hydrogens (tertiary/aromatic N) is 1. The Hall–Kier alpha value is -1.26. The molecular weight excluding hydrogens is 254 g/mol. The number of rotatable bonds is 5. The quantitative estimate of drug-likeness (QED) is 0.899. The Balaban J connectivity index is 2.07. The van der Waals surface area contributed by atoms with Crippen LogP contribution in [0, 0.1) is 5.41 Å². The first-order valence-corrected chi connectivity index (χ1v) is 7.07. The highest BCUT2D eigenvalue weighted by molar-refractivity contribution is 5.42. The number of benzene rings is 1. The molecule has 1 fully saturated rings. The van der Waals surface area contributed by atoms with Crippen LogP contribution in [0.25, 0.3) is 0 Å². The average molecular weight is 279 g/mol. The van der Waals surface area contributed by atoms with Crippen LogP contribution in [0.4, 0.5) is 0 Å². The normalized spacial score (nSPS) is 19.9. The number of likely N-dealkylation sites (tertiary alicyclic amines) is 1. The van der Waals surface area contributed by atoms with Gasteiger partial charge in [0.2, 0.25) is 0 Å². The van der Waals surface area contributed by atoms with E-state index >= 15 is 0 Å². The lowest BCUT2D eigenvalue weighted by Crippen LogP contribution is -2.28. The van der Waals surface area contributed by atoms with Crippen molar-refractivity contribution in [3.63, 3.8) is 0 Å². The van der Waals surface area contributed by atoms with Crippen molar-refractivity contribution in [3.8, 4) is 11.5 Å². The van der Waals surface area contributed by atoms with Crippen LogP contribution in [0.2, 0.25) is 0 Å². The molecule has 2 rings (SSSR count). The van der Waals surface area contributed by atoms with Gasteiger partial charge in [-0.25, -0.2) is 0 Å². The van der Waals surface area contributed by atoms with E-state index in [9.17, 15) is 5.11 Å². The molecule has 1 unspecified atom stereocenters. The second-order valence-corrected chi connectivity index (χ2v) is 6.27. The van der Waals surface area contributed by atoms with Crippen LogP contribution >= 0.6 is 0 Å². The second kappa shape index (κ2) is 6.02. The molecule has 1 N–H and O–H groups in total. The van der Waals surface area contributed by atoms with E-state index in [1.165, 1.54) is 6.42 Å². The summed E-state index contributed by atoms with van der Waals surface area (Å²) in [5.74, 6) is 1.41. The summed E-state index contributed by atoms with van der Waals surface area (Å²) >= 11 is 0. The van der Waals surface area contributed by atoms with E-state index in [1.807, 2.05) is 18.2 Å². The van der Waals surface area contributed by atoms with Gasteiger partial charge in [0.1, 0.15) is 11.5 Å². The van der Waals surface area contributed by atoms with E-state index in [-0.39, 0.29) is 0 Å². The molecule has 0 radical (unpaired) electrons. The summed E-state index contributed by atoms with van der Waals surface area (Å²) in [7, 11) is 3.24. The summed E-state index contributed by atoms with van der Waals surface area (Å²) in [6, 6.07) is 5.55. The first-order chi connectivity index (χ1) is 9.45. The van der Waals surface area contributed by atoms with Gasteiger partial charge in [0, 0.05) is 24.7 Å². The summed E-state index contributed by atoms with van der Waals surface area (Å²) < 4.78 is 10.5. The minimum Gasteiger partial charge on any atom is -0.497 e. The first kappa shape index (κ1) is 15.1. The van der Waals surface area contributed by atoms with Gasteiger partial charge in [-0.2, -0.15) is 0 Å². The number of aliphatic hydroxyl groups is 1. The van der Waals surface area contributed by atoms with Crippen LogP contribution in [0.5, 0.6) is 11.5 Å². The SMILES string of the molecule is COc1ccc(C(O)CN2CCC(C)(C)C2)c(OC)c1. The Morgan fingerprint density at radius 2 is 2.05 bits per heavy atom. The largest absolute Gasteiger partial charge is 0.497 e. The number of hydrogen-bond donors (Lipinski definition) is 1. The van der Waals surface area contributed by atoms with Gasteiger partial charge in [-0.05, 0) is 30.5 Å². The minimum atomic E-state index is -0.537. The molecule has 0 aliphatic carbocycles. The fraction of sp³-hybridized carbons (Fsp3) is 0.625. The highest BCUT2D eigenvalue weighted by Gasteiger charge is 2.30. The molecule has 1 atom stereocenters. The molecule has 1 saturated heterocycles. The molecule has 1 heterocycles. The van der Waals surface area contributed by atoms with E-state index in [4.69, 9.17) is 9.47 Å². The number of hydrogen-bond acceptors (Lipinski definition) is 4. The van der Waals surface area contributed by atoms with E-state index in [0.29, 0.717) is 17.7 Å². The number of aliphatic hydroxyl groups excluding tert-OH is 1. The molecule has 0 aromatic heterocycles. The summed E-state index contributed by atoms with van der Waals surface area (Å²) in [6.07, 6.45) is 0.643. The summed E-state index contributed by atoms with van der Waals surface area (Å²) in [5.41, 5.74) is 1.17. The zero-order valence-corrected chi connectivity index (χ0v) is 12.8. The Bertz CT molecular complexity index is 459. The van der Waals surface area contributed by atoms with E-state index in [0.717, 1.165) is 24.4 Å². The molecule has 1 aliphatic heterocycles. The van der Waals surface area contributed by atoms with Crippen molar-refractivity contribution < 1.29 is 14.6 Å². The highest BCUT2D eigenvalue weighted by Crippen LogP contribution is 2.33. The van der Waals surface area contributed by atoms with Gasteiger partial charge in [0.15, 0.2) is 0 Å². The highest BCUT2D eigenvalue weighted by atomic mass is 16.5. The third-order valence-corrected chi connectivity index (χ3v) is 3.99. The zero-order chi connectivity index (χ0) is 14.8. The van der Waals surface area contributed by atoms with E-state index in [2.05, 4.69) is 18.7 Å². The summed E-state index contributed by atoms with van der Waals surface area (Å²) in [5, 5.41) is 10.5. The van der Waals surface area contributed by atoms with Gasteiger partial charge < -0.3 is 14.6 Å². The van der Waals surface area contributed by atoms with Gasteiger partial charge in [-0.1, -0.05) is 13.8 Å². The molecule has 1 aliphatic rings. The second-order valence-electron chi connectivity index (χ2n) is 6.27. The third-order valence-electron chi connectivity index (χ3n) is 3.99. The third kappa shape index (κ3) is 3.44. The van der Waals surface area contributed by atoms with Crippen LogP contribution in [0.3, 0.4) is 0 Å². The van der Waals surface area contributed by atoms with Crippen LogP contribution in [-0.4, -0.2) is 43.9 Å². The number of methoxy groups -OCH3 is 2. The van der Waals surface area contributed by atoms with Gasteiger partial charge in [0.05, 0.1) is 20.3 Å². The summed E-state index contributed by atoms with van der Waals surface area (Å²) in [4.78, 5) is 2.31. The maximum Gasteiger partial charge on any atom is 0.128 e. The molecule has 4 heteroatoms. The van der Waals surface area contributed by atoms with Crippen LogP contribution in [0.1, 0.15) is 31.9 Å². The Morgan fingerprint density at radius 3 is 2.60 bits per heavy atom. The standard InChI is InChI=1S/C16H25NO3/c1-16(2)7-8-17(11-16)10-14(18)13-6-5-12(19-3)9-15(13)20-4/h5-6,9,14,18H,7-8,10-11H2,1-4H3.